The molecule has 0 aliphatic carbocycles. The molecule has 3 heterocycles. The molecule has 0 saturated carbocycles. The van der Waals surface area contributed by atoms with Crippen molar-refractivity contribution in [1.82, 2.24) is 9.97 Å². The highest BCUT2D eigenvalue weighted by molar-refractivity contribution is 6.84. The zero-order valence-corrected chi connectivity index (χ0v) is 20.4. The van der Waals surface area contributed by atoms with Crippen LogP contribution in [0.25, 0.3) is 17.2 Å². The van der Waals surface area contributed by atoms with Crippen LogP contribution < -0.4 is 21.3 Å². The van der Waals surface area contributed by atoms with Gasteiger partial charge >= 0.3 is 5.97 Å². The van der Waals surface area contributed by atoms with Gasteiger partial charge < -0.3 is 25.3 Å². The first kappa shape index (κ1) is 24.2. The largest absolute Gasteiger partial charge is 0.463 e. The summed E-state index contributed by atoms with van der Waals surface area (Å²) in [6.45, 7) is 4.05. The van der Waals surface area contributed by atoms with E-state index in [4.69, 9.17) is 31.7 Å². The van der Waals surface area contributed by atoms with Crippen molar-refractivity contribution in [1.29, 1.82) is 0 Å². The zero-order chi connectivity index (χ0) is 25.2. The molecule has 2 aliphatic heterocycles. The molecule has 0 bridgehead atoms. The maximum atomic E-state index is 13.6. The number of carbonyl (C=O) groups excluding carboxylic acids is 1. The summed E-state index contributed by atoms with van der Waals surface area (Å²) in [6, 6.07) is 10.2. The van der Waals surface area contributed by atoms with Crippen molar-refractivity contribution in [2.75, 3.05) is 43.1 Å². The van der Waals surface area contributed by atoms with Gasteiger partial charge in [-0.3, -0.25) is 0 Å². The van der Waals surface area contributed by atoms with Gasteiger partial charge in [0.2, 0.25) is 5.95 Å². The van der Waals surface area contributed by atoms with Crippen molar-refractivity contribution < 1.29 is 18.7 Å². The number of hydrogen-bond acceptors (Lipinski definition) is 8. The van der Waals surface area contributed by atoms with Gasteiger partial charge in [-0.15, -0.1) is 0 Å². The number of aromatic nitrogens is 2. The van der Waals surface area contributed by atoms with Crippen molar-refractivity contribution in [3.63, 3.8) is 0 Å². The van der Waals surface area contributed by atoms with E-state index in [1.807, 2.05) is 18.2 Å². The predicted octanol–water partition coefficient (Wildman–Crippen LogP) is 3.17. The summed E-state index contributed by atoms with van der Waals surface area (Å²) < 4.78 is 24.2. The summed E-state index contributed by atoms with van der Waals surface area (Å²) in [7, 11) is 0. The average Bonchev–Trinajstić information content (AvgIpc) is 3.22. The lowest BCUT2D eigenvalue weighted by Gasteiger charge is -2.29. The van der Waals surface area contributed by atoms with Crippen molar-refractivity contribution in [3.8, 4) is 11.1 Å². The number of anilines is 3. The Hall–Kier alpha value is -3.47. The Balaban J connectivity index is 1.51. The van der Waals surface area contributed by atoms with Gasteiger partial charge in [-0.25, -0.2) is 14.2 Å². The number of rotatable bonds is 6. The average molecular weight is 508 g/mol. The first-order valence-electron chi connectivity index (χ1n) is 11.6. The summed E-state index contributed by atoms with van der Waals surface area (Å²) >= 11 is 5.92. The topological polar surface area (TPSA) is 103 Å². The molecular weight excluding hydrogens is 484 g/mol. The minimum atomic E-state index is -0.530. The molecule has 0 radical (unpaired) electrons. The number of morpholine rings is 1. The van der Waals surface area contributed by atoms with Gasteiger partial charge in [0.15, 0.2) is 0 Å². The Labute approximate surface area is 213 Å². The molecule has 2 aliphatic rings. The van der Waals surface area contributed by atoms with E-state index in [0.717, 1.165) is 28.0 Å². The van der Waals surface area contributed by atoms with Crippen LogP contribution >= 0.6 is 11.6 Å². The number of benzene rings is 2. The number of nitrogens with one attached hydrogen (secondary N) is 1. The van der Waals surface area contributed by atoms with Crippen LogP contribution in [-0.4, -0.2) is 55.7 Å². The number of nitrogens with zero attached hydrogens (tertiary/aromatic N) is 3. The lowest BCUT2D eigenvalue weighted by molar-refractivity contribution is -0.137. The zero-order valence-electron chi connectivity index (χ0n) is 19.6. The molecule has 2 aromatic carbocycles. The highest BCUT2D eigenvalue weighted by Gasteiger charge is 2.32. The van der Waals surface area contributed by atoms with E-state index in [1.165, 1.54) is 12.1 Å². The van der Waals surface area contributed by atoms with Crippen LogP contribution in [0.3, 0.4) is 0 Å². The van der Waals surface area contributed by atoms with Gasteiger partial charge in [-0.05, 0) is 47.8 Å². The minimum absolute atomic E-state index is 0.0108. The van der Waals surface area contributed by atoms with Crippen LogP contribution in [0, 0.1) is 5.82 Å². The Kier molecular flexibility index (Phi) is 6.91. The normalized spacial score (nSPS) is 14.9. The highest BCUT2D eigenvalue weighted by atomic mass is 35.5. The Morgan fingerprint density at radius 2 is 2.08 bits per heavy atom. The maximum Gasteiger partial charge on any atom is 0.327 e. The monoisotopic (exact) mass is 507 g/mol. The Morgan fingerprint density at radius 1 is 1.28 bits per heavy atom. The van der Waals surface area contributed by atoms with Gasteiger partial charge in [0.05, 0.1) is 24.8 Å². The Morgan fingerprint density at radius 3 is 2.83 bits per heavy atom. The standard InChI is InChI=1S/C25H24BClFN5O3/c1-2-36-24(34)20-12-16-11-15(3-5-19(16)26(20)29)18-14-30-25(31-17-4-6-22(28)21(27)13-17)32-23(18)33-7-9-35-10-8-33/h3-6,11-14H,2,7-10,29H2,1H3,(H,30,31,32). The van der Waals surface area contributed by atoms with E-state index >= 15 is 0 Å². The molecule has 11 heteroatoms. The summed E-state index contributed by atoms with van der Waals surface area (Å²) in [6.07, 6.45) is 3.53. The maximum absolute atomic E-state index is 13.6. The predicted molar refractivity (Wildman–Crippen MR) is 139 cm³/mol. The molecule has 36 heavy (non-hydrogen) atoms. The van der Waals surface area contributed by atoms with Crippen molar-refractivity contribution >= 4 is 53.4 Å². The second kappa shape index (κ2) is 10.3. The SMILES string of the molecule is CCOC(=O)C1=Cc2cc(-c3cnc(Nc4ccc(F)c(Cl)c4)nc3N3CCOCC3)ccc2B1N. The summed E-state index contributed by atoms with van der Waals surface area (Å²) in [5.41, 5.74) is 10.8. The third-order valence-corrected chi connectivity index (χ3v) is 6.43. The molecule has 1 saturated heterocycles. The number of carbonyl (C=O) groups is 1. The molecule has 5 rings (SSSR count). The van der Waals surface area contributed by atoms with Crippen LogP contribution in [-0.2, 0) is 14.3 Å². The van der Waals surface area contributed by atoms with Crippen molar-refractivity contribution in [2.24, 2.45) is 5.64 Å². The molecular formula is C25H24BClFN5O3. The Bertz CT molecular complexity index is 1350. The third kappa shape index (κ3) is 4.79. The number of ether oxygens (including phenoxy) is 2. The smallest absolute Gasteiger partial charge is 0.327 e. The van der Waals surface area contributed by atoms with E-state index < -0.39 is 18.6 Å². The van der Waals surface area contributed by atoms with Crippen LogP contribution in [0.15, 0.2) is 48.1 Å². The first-order valence-corrected chi connectivity index (χ1v) is 12.0. The van der Waals surface area contributed by atoms with E-state index in [0.29, 0.717) is 43.4 Å². The molecule has 1 fully saturated rings. The van der Waals surface area contributed by atoms with Gasteiger partial charge in [0.1, 0.15) is 11.6 Å². The van der Waals surface area contributed by atoms with Crippen LogP contribution in [0.4, 0.5) is 21.8 Å². The molecule has 3 N–H and O–H groups in total. The van der Waals surface area contributed by atoms with E-state index in [9.17, 15) is 9.18 Å². The van der Waals surface area contributed by atoms with E-state index in [2.05, 4.69) is 15.2 Å². The fourth-order valence-corrected chi connectivity index (χ4v) is 4.51. The van der Waals surface area contributed by atoms with Gasteiger partial charge in [-0.1, -0.05) is 29.8 Å². The highest BCUT2D eigenvalue weighted by Crippen LogP contribution is 2.32. The minimum Gasteiger partial charge on any atom is -0.463 e. The molecule has 0 spiro atoms. The lowest BCUT2D eigenvalue weighted by Crippen LogP contribution is -2.42. The van der Waals surface area contributed by atoms with E-state index in [-0.39, 0.29) is 11.6 Å². The quantitative estimate of drug-likeness (QED) is 0.387. The fourth-order valence-electron chi connectivity index (χ4n) is 4.33. The van der Waals surface area contributed by atoms with Crippen LogP contribution in [0.5, 0.6) is 0 Å². The molecule has 3 aromatic rings. The number of fused-ring (bicyclic) bond motifs is 1. The molecule has 0 unspecified atom stereocenters. The molecule has 184 valence electrons. The number of halogens is 2. The number of nitrogens with two attached hydrogens (primary N) is 1. The fraction of sp³-hybridized carbons (Fsp3) is 0.240. The first-order chi connectivity index (χ1) is 17.4. The second-order valence-corrected chi connectivity index (χ2v) is 8.83. The summed E-state index contributed by atoms with van der Waals surface area (Å²) in [5, 5.41) is 3.11. The number of hydrogen-bond donors (Lipinski definition) is 2. The molecule has 1 aromatic heterocycles. The van der Waals surface area contributed by atoms with E-state index in [1.54, 1.807) is 25.3 Å². The van der Waals surface area contributed by atoms with Gasteiger partial charge in [0, 0.05) is 36.0 Å². The summed E-state index contributed by atoms with van der Waals surface area (Å²) in [5.74, 6) is 0.192. The van der Waals surface area contributed by atoms with Crippen molar-refractivity contribution in [2.45, 2.75) is 6.92 Å². The van der Waals surface area contributed by atoms with Gasteiger partial charge in [0.25, 0.3) is 6.85 Å². The molecule has 8 nitrogen and oxygen atoms in total. The lowest BCUT2D eigenvalue weighted by atomic mass is 9.54. The van der Waals surface area contributed by atoms with Crippen LogP contribution in [0.2, 0.25) is 5.02 Å². The second-order valence-electron chi connectivity index (χ2n) is 8.43. The van der Waals surface area contributed by atoms with Crippen LogP contribution in [0.1, 0.15) is 12.5 Å². The van der Waals surface area contributed by atoms with Gasteiger partial charge in [-0.2, -0.15) is 4.98 Å². The summed E-state index contributed by atoms with van der Waals surface area (Å²) in [4.78, 5) is 23.8. The number of esters is 1. The molecule has 0 atom stereocenters. The van der Waals surface area contributed by atoms with Crippen molar-refractivity contribution in [3.05, 3.63) is 64.5 Å². The third-order valence-electron chi connectivity index (χ3n) is 6.15. The molecule has 0 amide bonds.